The zero-order valence-electron chi connectivity index (χ0n) is 15.1. The van der Waals surface area contributed by atoms with Crippen molar-refractivity contribution in [2.75, 3.05) is 47.1 Å². The van der Waals surface area contributed by atoms with Crippen LogP contribution in [0.3, 0.4) is 0 Å². The summed E-state index contributed by atoms with van der Waals surface area (Å²) in [4.78, 5) is 14.3. The zero-order valence-corrected chi connectivity index (χ0v) is 15.1. The first-order chi connectivity index (χ1) is 12.2. The summed E-state index contributed by atoms with van der Waals surface area (Å²) in [5, 5.41) is 3.04. The summed E-state index contributed by atoms with van der Waals surface area (Å²) >= 11 is 0. The third kappa shape index (κ3) is 5.47. The summed E-state index contributed by atoms with van der Waals surface area (Å²) in [6.45, 7) is 7.28. The van der Waals surface area contributed by atoms with E-state index in [2.05, 4.69) is 16.8 Å². The molecule has 25 heavy (non-hydrogen) atoms. The third-order valence-electron chi connectivity index (χ3n) is 4.35. The van der Waals surface area contributed by atoms with Gasteiger partial charge in [0.15, 0.2) is 11.5 Å². The highest BCUT2D eigenvalue weighted by Crippen LogP contribution is 2.32. The lowest BCUT2D eigenvalue weighted by Crippen LogP contribution is -2.43. The molecule has 1 heterocycles. The molecule has 0 aromatic heterocycles. The zero-order chi connectivity index (χ0) is 18.1. The Bertz CT molecular complexity index is 571. The monoisotopic (exact) mass is 348 g/mol. The van der Waals surface area contributed by atoms with Crippen molar-refractivity contribution in [3.05, 3.63) is 36.4 Å². The van der Waals surface area contributed by atoms with Crippen LogP contribution in [-0.2, 0) is 9.53 Å². The molecular weight excluding hydrogens is 320 g/mol. The van der Waals surface area contributed by atoms with Gasteiger partial charge in [0.05, 0.1) is 33.5 Å². The lowest BCUT2D eigenvalue weighted by molar-refractivity contribution is -0.121. The molecule has 0 unspecified atom stereocenters. The van der Waals surface area contributed by atoms with E-state index in [0.717, 1.165) is 18.7 Å². The molecule has 6 nitrogen and oxygen atoms in total. The number of hydrogen-bond donors (Lipinski definition) is 1. The number of amides is 1. The Balaban J connectivity index is 2.15. The van der Waals surface area contributed by atoms with Crippen LogP contribution in [-0.4, -0.2) is 57.9 Å². The Hall–Kier alpha value is -2.05. The van der Waals surface area contributed by atoms with Gasteiger partial charge in [-0.2, -0.15) is 0 Å². The second-order valence-corrected chi connectivity index (χ2v) is 5.91. The number of nitrogens with zero attached hydrogens (tertiary/aromatic N) is 1. The van der Waals surface area contributed by atoms with Crippen LogP contribution in [0, 0.1) is 0 Å². The number of nitrogens with one attached hydrogen (secondary N) is 1. The van der Waals surface area contributed by atoms with Crippen LogP contribution in [0.1, 0.15) is 24.4 Å². The quantitative estimate of drug-likeness (QED) is 0.693. The molecule has 0 radical (unpaired) electrons. The van der Waals surface area contributed by atoms with Crippen molar-refractivity contribution >= 4 is 5.91 Å². The summed E-state index contributed by atoms with van der Waals surface area (Å²) in [6, 6.07) is 5.98. The molecule has 0 bridgehead atoms. The number of carbonyl (C=O) groups is 1. The third-order valence-corrected chi connectivity index (χ3v) is 4.35. The molecule has 1 N–H and O–H groups in total. The Morgan fingerprint density at radius 2 is 2.04 bits per heavy atom. The van der Waals surface area contributed by atoms with Crippen LogP contribution in [0.5, 0.6) is 11.5 Å². The lowest BCUT2D eigenvalue weighted by atomic mass is 10.0. The van der Waals surface area contributed by atoms with E-state index < -0.39 is 0 Å². The first kappa shape index (κ1) is 19.3. The van der Waals surface area contributed by atoms with Crippen LogP contribution in [0.4, 0.5) is 0 Å². The summed E-state index contributed by atoms with van der Waals surface area (Å²) in [5.74, 6) is 1.43. The molecule has 0 spiro atoms. The normalized spacial score (nSPS) is 16.1. The van der Waals surface area contributed by atoms with E-state index in [4.69, 9.17) is 14.2 Å². The van der Waals surface area contributed by atoms with E-state index in [9.17, 15) is 4.79 Å². The van der Waals surface area contributed by atoms with E-state index >= 15 is 0 Å². The minimum Gasteiger partial charge on any atom is -0.493 e. The Kier molecular flexibility index (Phi) is 7.76. The molecule has 6 heteroatoms. The average Bonchev–Trinajstić information content (AvgIpc) is 2.67. The van der Waals surface area contributed by atoms with Crippen molar-refractivity contribution in [2.45, 2.75) is 18.9 Å². The summed E-state index contributed by atoms with van der Waals surface area (Å²) in [7, 11) is 3.25. The summed E-state index contributed by atoms with van der Waals surface area (Å²) in [6.07, 6.45) is 2.91. The standard InChI is InChI=1S/C19H28N2O4/c1-4-5-6-19(22)20-14-16(21-9-11-25-12-10-21)15-7-8-17(23-2)18(13-15)24-3/h4,7-8,13,16H,1,5-6,9-12,14H2,2-3H3,(H,20,22)/t16-/m1/s1. The Labute approximate surface area is 149 Å². The van der Waals surface area contributed by atoms with E-state index in [1.165, 1.54) is 0 Å². The van der Waals surface area contributed by atoms with Gasteiger partial charge in [-0.1, -0.05) is 12.1 Å². The predicted octanol–water partition coefficient (Wildman–Crippen LogP) is 2.16. The number of hydrogen-bond acceptors (Lipinski definition) is 5. The van der Waals surface area contributed by atoms with E-state index in [1.807, 2.05) is 18.2 Å². The summed E-state index contributed by atoms with van der Waals surface area (Å²) in [5.41, 5.74) is 1.09. The fourth-order valence-corrected chi connectivity index (χ4v) is 2.94. The SMILES string of the molecule is C=CCCC(=O)NC[C@H](c1ccc(OC)c(OC)c1)N1CCOCC1. The highest BCUT2D eigenvalue weighted by Gasteiger charge is 2.24. The average molecular weight is 348 g/mol. The van der Waals surface area contributed by atoms with Gasteiger partial charge in [-0.15, -0.1) is 6.58 Å². The van der Waals surface area contributed by atoms with E-state index in [0.29, 0.717) is 44.1 Å². The number of ether oxygens (including phenoxy) is 3. The molecule has 2 rings (SSSR count). The van der Waals surface area contributed by atoms with Crippen LogP contribution < -0.4 is 14.8 Å². The van der Waals surface area contributed by atoms with Gasteiger partial charge < -0.3 is 19.5 Å². The molecule has 1 aromatic carbocycles. The fourth-order valence-electron chi connectivity index (χ4n) is 2.94. The molecule has 0 aliphatic carbocycles. The van der Waals surface area contributed by atoms with Crippen molar-refractivity contribution in [3.63, 3.8) is 0 Å². The van der Waals surface area contributed by atoms with Gasteiger partial charge in [0, 0.05) is 26.1 Å². The minimum atomic E-state index is 0.0404. The number of allylic oxidation sites excluding steroid dienone is 1. The molecule has 138 valence electrons. The van der Waals surface area contributed by atoms with Gasteiger partial charge in [0.25, 0.3) is 0 Å². The molecule has 1 saturated heterocycles. The molecular formula is C19H28N2O4. The molecule has 1 fully saturated rings. The fraction of sp³-hybridized carbons (Fsp3) is 0.526. The van der Waals surface area contributed by atoms with Crippen molar-refractivity contribution in [2.24, 2.45) is 0 Å². The molecule has 0 saturated carbocycles. The number of benzene rings is 1. The van der Waals surface area contributed by atoms with Gasteiger partial charge in [-0.3, -0.25) is 9.69 Å². The van der Waals surface area contributed by atoms with Gasteiger partial charge in [0.2, 0.25) is 5.91 Å². The highest BCUT2D eigenvalue weighted by atomic mass is 16.5. The van der Waals surface area contributed by atoms with Crippen molar-refractivity contribution < 1.29 is 19.0 Å². The van der Waals surface area contributed by atoms with Gasteiger partial charge in [0.1, 0.15) is 0 Å². The van der Waals surface area contributed by atoms with Crippen LogP contribution in [0.2, 0.25) is 0 Å². The number of carbonyl (C=O) groups excluding carboxylic acids is 1. The van der Waals surface area contributed by atoms with E-state index in [-0.39, 0.29) is 11.9 Å². The van der Waals surface area contributed by atoms with Gasteiger partial charge in [-0.05, 0) is 24.1 Å². The van der Waals surface area contributed by atoms with Crippen LogP contribution in [0.25, 0.3) is 0 Å². The van der Waals surface area contributed by atoms with E-state index in [1.54, 1.807) is 20.3 Å². The smallest absolute Gasteiger partial charge is 0.220 e. The van der Waals surface area contributed by atoms with Crippen molar-refractivity contribution in [3.8, 4) is 11.5 Å². The Morgan fingerprint density at radius 3 is 2.68 bits per heavy atom. The second-order valence-electron chi connectivity index (χ2n) is 5.91. The van der Waals surface area contributed by atoms with Gasteiger partial charge >= 0.3 is 0 Å². The number of morpholine rings is 1. The molecule has 1 aromatic rings. The van der Waals surface area contributed by atoms with Gasteiger partial charge in [-0.25, -0.2) is 0 Å². The topological polar surface area (TPSA) is 60.0 Å². The predicted molar refractivity (Wildman–Crippen MR) is 97.1 cm³/mol. The maximum atomic E-state index is 12.0. The number of methoxy groups -OCH3 is 2. The van der Waals surface area contributed by atoms with Crippen molar-refractivity contribution in [1.29, 1.82) is 0 Å². The number of rotatable bonds is 9. The largest absolute Gasteiger partial charge is 0.493 e. The molecule has 1 aliphatic heterocycles. The molecule has 1 aliphatic rings. The first-order valence-corrected chi connectivity index (χ1v) is 8.61. The molecule has 1 atom stereocenters. The Morgan fingerprint density at radius 1 is 1.32 bits per heavy atom. The lowest BCUT2D eigenvalue weighted by Gasteiger charge is -2.35. The minimum absolute atomic E-state index is 0.0404. The maximum Gasteiger partial charge on any atom is 0.220 e. The van der Waals surface area contributed by atoms with Crippen LogP contribution >= 0.6 is 0 Å². The van der Waals surface area contributed by atoms with Crippen LogP contribution in [0.15, 0.2) is 30.9 Å². The first-order valence-electron chi connectivity index (χ1n) is 8.61. The van der Waals surface area contributed by atoms with Crippen molar-refractivity contribution in [1.82, 2.24) is 10.2 Å². The highest BCUT2D eigenvalue weighted by molar-refractivity contribution is 5.76. The molecule has 1 amide bonds. The maximum absolute atomic E-state index is 12.0. The second kappa shape index (κ2) is 10.1. The summed E-state index contributed by atoms with van der Waals surface area (Å²) < 4.78 is 16.2.